The van der Waals surface area contributed by atoms with E-state index in [0.717, 1.165) is 11.3 Å². The molecule has 0 fully saturated rings. The maximum absolute atomic E-state index is 5.96. The monoisotopic (exact) mass is 494 g/mol. The summed E-state index contributed by atoms with van der Waals surface area (Å²) in [7, 11) is 3.17. The SMILES string of the molecule is COc1ccc(NC(N)=NCc2coc(-c3ccc(C)cc3)n2)cc1OC.I. The van der Waals surface area contributed by atoms with Crippen molar-refractivity contribution in [3.05, 3.63) is 60.0 Å². The number of benzene rings is 2. The van der Waals surface area contributed by atoms with Crippen LogP contribution in [0.4, 0.5) is 5.69 Å². The van der Waals surface area contributed by atoms with Crippen molar-refractivity contribution in [3.63, 3.8) is 0 Å². The van der Waals surface area contributed by atoms with Gasteiger partial charge in [-0.3, -0.25) is 0 Å². The highest BCUT2D eigenvalue weighted by molar-refractivity contribution is 14.0. The number of oxazole rings is 1. The first-order valence-electron chi connectivity index (χ1n) is 8.39. The fourth-order valence-electron chi connectivity index (χ4n) is 2.48. The first-order chi connectivity index (χ1) is 13.1. The van der Waals surface area contributed by atoms with Crippen molar-refractivity contribution in [1.82, 2.24) is 4.98 Å². The van der Waals surface area contributed by atoms with Gasteiger partial charge in [-0.1, -0.05) is 17.7 Å². The predicted octanol–water partition coefficient (Wildman–Crippen LogP) is 4.21. The van der Waals surface area contributed by atoms with Crippen molar-refractivity contribution >= 4 is 35.6 Å². The highest BCUT2D eigenvalue weighted by Gasteiger charge is 2.07. The first-order valence-corrected chi connectivity index (χ1v) is 8.39. The Labute approximate surface area is 181 Å². The van der Waals surface area contributed by atoms with Gasteiger partial charge in [-0.2, -0.15) is 0 Å². The average Bonchev–Trinajstić information content (AvgIpc) is 3.16. The van der Waals surface area contributed by atoms with Crippen molar-refractivity contribution in [1.29, 1.82) is 0 Å². The van der Waals surface area contributed by atoms with E-state index in [9.17, 15) is 0 Å². The van der Waals surface area contributed by atoms with Gasteiger partial charge in [-0.15, -0.1) is 24.0 Å². The lowest BCUT2D eigenvalue weighted by Crippen LogP contribution is -2.22. The maximum Gasteiger partial charge on any atom is 0.226 e. The second-order valence-electron chi connectivity index (χ2n) is 5.91. The number of ether oxygens (including phenoxy) is 2. The highest BCUT2D eigenvalue weighted by atomic mass is 127. The maximum atomic E-state index is 5.96. The molecule has 0 amide bonds. The topological polar surface area (TPSA) is 94.9 Å². The van der Waals surface area contributed by atoms with Crippen LogP contribution in [-0.2, 0) is 6.54 Å². The van der Waals surface area contributed by atoms with Gasteiger partial charge in [-0.05, 0) is 31.2 Å². The molecule has 8 heteroatoms. The van der Waals surface area contributed by atoms with Gasteiger partial charge in [0.25, 0.3) is 0 Å². The number of hydrogen-bond acceptors (Lipinski definition) is 5. The quantitative estimate of drug-likeness (QED) is 0.303. The molecule has 0 radical (unpaired) electrons. The molecule has 0 spiro atoms. The lowest BCUT2D eigenvalue weighted by molar-refractivity contribution is 0.355. The van der Waals surface area contributed by atoms with Gasteiger partial charge in [0.1, 0.15) is 12.0 Å². The molecule has 0 aliphatic heterocycles. The zero-order valence-corrected chi connectivity index (χ0v) is 18.3. The normalized spacial score (nSPS) is 10.9. The van der Waals surface area contributed by atoms with Crippen molar-refractivity contribution in [2.75, 3.05) is 19.5 Å². The van der Waals surface area contributed by atoms with Gasteiger partial charge in [-0.25, -0.2) is 9.98 Å². The molecule has 7 nitrogen and oxygen atoms in total. The average molecular weight is 494 g/mol. The van der Waals surface area contributed by atoms with Gasteiger partial charge in [0.2, 0.25) is 5.89 Å². The first kappa shape index (κ1) is 21.5. The molecule has 0 saturated carbocycles. The lowest BCUT2D eigenvalue weighted by Gasteiger charge is -2.10. The second-order valence-corrected chi connectivity index (χ2v) is 5.91. The van der Waals surface area contributed by atoms with Crippen LogP contribution in [0, 0.1) is 6.92 Å². The molecule has 3 N–H and O–H groups in total. The van der Waals surface area contributed by atoms with E-state index in [1.807, 2.05) is 37.3 Å². The number of rotatable bonds is 6. The molecule has 0 unspecified atom stereocenters. The number of guanidine groups is 1. The number of nitrogens with two attached hydrogens (primary N) is 1. The molecule has 1 heterocycles. The minimum atomic E-state index is 0. The Hall–Kier alpha value is -2.75. The Morgan fingerprint density at radius 1 is 1.11 bits per heavy atom. The number of nitrogens with zero attached hydrogens (tertiary/aromatic N) is 2. The van der Waals surface area contributed by atoms with Crippen LogP contribution in [0.15, 0.2) is 58.1 Å². The summed E-state index contributed by atoms with van der Waals surface area (Å²) in [5, 5.41) is 3.02. The van der Waals surface area contributed by atoms with E-state index in [1.54, 1.807) is 32.6 Å². The number of aromatic nitrogens is 1. The van der Waals surface area contributed by atoms with Gasteiger partial charge in [0.15, 0.2) is 17.5 Å². The fourth-order valence-corrected chi connectivity index (χ4v) is 2.48. The van der Waals surface area contributed by atoms with Crippen LogP contribution in [0.2, 0.25) is 0 Å². The molecule has 0 saturated heterocycles. The summed E-state index contributed by atoms with van der Waals surface area (Å²) in [6, 6.07) is 13.4. The number of nitrogens with one attached hydrogen (secondary N) is 1. The summed E-state index contributed by atoms with van der Waals surface area (Å²) in [6.45, 7) is 2.34. The molecular weight excluding hydrogens is 471 g/mol. The van der Waals surface area contributed by atoms with E-state index in [2.05, 4.69) is 15.3 Å². The summed E-state index contributed by atoms with van der Waals surface area (Å²) in [6.07, 6.45) is 1.59. The van der Waals surface area contributed by atoms with Crippen molar-refractivity contribution in [2.45, 2.75) is 13.5 Å². The smallest absolute Gasteiger partial charge is 0.226 e. The van der Waals surface area contributed by atoms with Crippen LogP contribution in [-0.4, -0.2) is 25.2 Å². The third kappa shape index (κ3) is 5.38. The van der Waals surface area contributed by atoms with E-state index in [1.165, 1.54) is 5.56 Å². The summed E-state index contributed by atoms with van der Waals surface area (Å²) >= 11 is 0. The number of aryl methyl sites for hydroxylation is 1. The fraction of sp³-hybridized carbons (Fsp3) is 0.200. The Morgan fingerprint density at radius 2 is 1.82 bits per heavy atom. The van der Waals surface area contributed by atoms with Crippen molar-refractivity contribution in [3.8, 4) is 23.0 Å². The molecule has 3 rings (SSSR count). The Bertz CT molecular complexity index is 939. The highest BCUT2D eigenvalue weighted by Crippen LogP contribution is 2.29. The van der Waals surface area contributed by atoms with Crippen molar-refractivity contribution < 1.29 is 13.9 Å². The summed E-state index contributed by atoms with van der Waals surface area (Å²) in [5.74, 6) is 2.08. The standard InChI is InChI=1S/C20H22N4O3.HI/c1-13-4-6-14(7-5-13)19-23-16(12-27-19)11-22-20(21)24-15-8-9-17(25-2)18(10-15)26-3;/h4-10,12H,11H2,1-3H3,(H3,21,22,24);1H. The van der Waals surface area contributed by atoms with Gasteiger partial charge in [0.05, 0.1) is 20.8 Å². The van der Waals surface area contributed by atoms with Gasteiger partial charge in [0, 0.05) is 17.3 Å². The summed E-state index contributed by atoms with van der Waals surface area (Å²) in [5.41, 5.74) is 9.51. The van der Waals surface area contributed by atoms with E-state index < -0.39 is 0 Å². The van der Waals surface area contributed by atoms with Gasteiger partial charge >= 0.3 is 0 Å². The molecule has 1 aromatic heterocycles. The molecule has 0 aliphatic rings. The van der Waals surface area contributed by atoms with Crippen LogP contribution in [0.1, 0.15) is 11.3 Å². The third-order valence-electron chi connectivity index (χ3n) is 3.92. The van der Waals surface area contributed by atoms with Crippen LogP contribution in [0.3, 0.4) is 0 Å². The number of methoxy groups -OCH3 is 2. The minimum absolute atomic E-state index is 0. The van der Waals surface area contributed by atoms with E-state index in [0.29, 0.717) is 29.6 Å². The largest absolute Gasteiger partial charge is 0.493 e. The predicted molar refractivity (Wildman–Crippen MR) is 121 cm³/mol. The zero-order valence-electron chi connectivity index (χ0n) is 15.9. The zero-order chi connectivity index (χ0) is 19.2. The molecule has 3 aromatic rings. The van der Waals surface area contributed by atoms with Crippen LogP contribution in [0.5, 0.6) is 11.5 Å². The molecule has 0 atom stereocenters. The van der Waals surface area contributed by atoms with E-state index in [4.69, 9.17) is 19.6 Å². The molecular formula is C20H23IN4O3. The number of anilines is 1. The number of hydrogen-bond donors (Lipinski definition) is 2. The molecule has 0 aliphatic carbocycles. The molecule has 28 heavy (non-hydrogen) atoms. The van der Waals surface area contributed by atoms with Crippen LogP contribution < -0.4 is 20.5 Å². The summed E-state index contributed by atoms with van der Waals surface area (Å²) in [4.78, 5) is 8.74. The van der Waals surface area contributed by atoms with E-state index >= 15 is 0 Å². The minimum Gasteiger partial charge on any atom is -0.493 e. The Morgan fingerprint density at radius 3 is 2.50 bits per heavy atom. The van der Waals surface area contributed by atoms with E-state index in [-0.39, 0.29) is 29.9 Å². The Kier molecular flexibility index (Phi) is 7.68. The number of halogens is 1. The van der Waals surface area contributed by atoms with Crippen LogP contribution in [0.25, 0.3) is 11.5 Å². The van der Waals surface area contributed by atoms with Gasteiger partial charge < -0.3 is 24.9 Å². The second kappa shape index (κ2) is 9.98. The Balaban J connectivity index is 0.00000280. The van der Waals surface area contributed by atoms with Crippen molar-refractivity contribution in [2.24, 2.45) is 10.7 Å². The molecule has 0 bridgehead atoms. The molecule has 148 valence electrons. The number of aliphatic imine (C=N–C) groups is 1. The summed E-state index contributed by atoms with van der Waals surface area (Å²) < 4.78 is 16.0. The third-order valence-corrected chi connectivity index (χ3v) is 3.92. The molecule has 2 aromatic carbocycles. The lowest BCUT2D eigenvalue weighted by atomic mass is 10.1. The van der Waals surface area contributed by atoms with Crippen LogP contribution >= 0.6 is 24.0 Å².